The summed E-state index contributed by atoms with van der Waals surface area (Å²) < 4.78 is 12.5. The van der Waals surface area contributed by atoms with Crippen molar-refractivity contribution in [3.05, 3.63) is 146 Å². The first-order valence-electron chi connectivity index (χ1n) is 14.4. The molecule has 0 amide bonds. The van der Waals surface area contributed by atoms with Crippen LogP contribution in [-0.2, 0) is 0 Å². The van der Waals surface area contributed by atoms with Crippen LogP contribution in [-0.4, -0.2) is 4.98 Å². The van der Waals surface area contributed by atoms with Crippen molar-refractivity contribution in [3.8, 4) is 11.5 Å². The van der Waals surface area contributed by atoms with Crippen LogP contribution in [0.4, 0.5) is 17.1 Å². The molecule has 0 aliphatic carbocycles. The molecule has 0 aliphatic heterocycles. The van der Waals surface area contributed by atoms with Gasteiger partial charge >= 0.3 is 0 Å². The number of hydrogen-bond acceptors (Lipinski definition) is 4. The number of furan rings is 1. The Morgan fingerprint density at radius 1 is 0.442 bits per heavy atom. The zero-order valence-electron chi connectivity index (χ0n) is 23.1. The number of benzene rings is 7. The number of nitrogens with zero attached hydrogens (tertiary/aromatic N) is 2. The van der Waals surface area contributed by atoms with Crippen LogP contribution in [0.3, 0.4) is 0 Å². The third-order valence-corrected chi connectivity index (χ3v) is 8.28. The molecule has 4 heteroatoms. The van der Waals surface area contributed by atoms with Gasteiger partial charge in [0.1, 0.15) is 16.7 Å². The highest BCUT2D eigenvalue weighted by Crippen LogP contribution is 2.40. The highest BCUT2D eigenvalue weighted by molar-refractivity contribution is 6.15. The van der Waals surface area contributed by atoms with Gasteiger partial charge in [0.25, 0.3) is 0 Å². The van der Waals surface area contributed by atoms with E-state index in [2.05, 4.69) is 132 Å². The summed E-state index contributed by atoms with van der Waals surface area (Å²) >= 11 is 0. The lowest BCUT2D eigenvalue weighted by atomic mass is 10.0. The highest BCUT2D eigenvalue weighted by atomic mass is 16.3. The molecule has 0 atom stereocenters. The van der Waals surface area contributed by atoms with E-state index in [1.165, 1.54) is 16.2 Å². The van der Waals surface area contributed by atoms with E-state index in [0.29, 0.717) is 5.89 Å². The molecule has 0 fully saturated rings. The largest absolute Gasteiger partial charge is 0.456 e. The Bertz CT molecular complexity index is 2450. The highest BCUT2D eigenvalue weighted by Gasteiger charge is 2.17. The van der Waals surface area contributed by atoms with Crippen LogP contribution in [0.2, 0.25) is 0 Å². The van der Waals surface area contributed by atoms with Gasteiger partial charge in [-0.15, -0.1) is 0 Å². The van der Waals surface area contributed by atoms with Gasteiger partial charge in [0.15, 0.2) is 5.58 Å². The smallest absolute Gasteiger partial charge is 0.227 e. The molecule has 202 valence electrons. The van der Waals surface area contributed by atoms with E-state index in [9.17, 15) is 0 Å². The number of anilines is 3. The third-order valence-electron chi connectivity index (χ3n) is 8.28. The van der Waals surface area contributed by atoms with E-state index < -0.39 is 0 Å². The molecule has 9 rings (SSSR count). The lowest BCUT2D eigenvalue weighted by Crippen LogP contribution is -2.09. The molecule has 2 aromatic heterocycles. The molecule has 0 saturated heterocycles. The molecule has 43 heavy (non-hydrogen) atoms. The second-order valence-electron chi connectivity index (χ2n) is 10.8. The van der Waals surface area contributed by atoms with E-state index in [0.717, 1.165) is 61.1 Å². The minimum absolute atomic E-state index is 0.611. The number of aromatic nitrogens is 1. The van der Waals surface area contributed by atoms with Crippen molar-refractivity contribution in [2.24, 2.45) is 0 Å². The summed E-state index contributed by atoms with van der Waals surface area (Å²) in [5, 5.41) is 6.88. The fraction of sp³-hybridized carbons (Fsp3) is 0. The first-order valence-corrected chi connectivity index (χ1v) is 14.4. The lowest BCUT2D eigenvalue weighted by molar-refractivity contribution is 0.623. The van der Waals surface area contributed by atoms with Gasteiger partial charge in [0, 0.05) is 38.8 Å². The van der Waals surface area contributed by atoms with Crippen molar-refractivity contribution in [2.45, 2.75) is 0 Å². The van der Waals surface area contributed by atoms with Crippen LogP contribution >= 0.6 is 0 Å². The van der Waals surface area contributed by atoms with Gasteiger partial charge in [-0.25, -0.2) is 4.98 Å². The number of rotatable bonds is 4. The van der Waals surface area contributed by atoms with E-state index >= 15 is 0 Å². The maximum atomic E-state index is 6.43. The van der Waals surface area contributed by atoms with Gasteiger partial charge in [0.05, 0.1) is 0 Å². The molecule has 0 bridgehead atoms. The normalized spacial score (nSPS) is 11.7. The van der Waals surface area contributed by atoms with Crippen molar-refractivity contribution in [2.75, 3.05) is 4.90 Å². The van der Waals surface area contributed by atoms with Gasteiger partial charge in [-0.2, -0.15) is 0 Å². The molecule has 0 saturated carbocycles. The minimum Gasteiger partial charge on any atom is -0.456 e. The Labute approximate surface area is 247 Å². The Morgan fingerprint density at radius 3 is 2.02 bits per heavy atom. The van der Waals surface area contributed by atoms with Gasteiger partial charge in [-0.05, 0) is 89.0 Å². The summed E-state index contributed by atoms with van der Waals surface area (Å²) in [5.74, 6) is 0.611. The van der Waals surface area contributed by atoms with Crippen molar-refractivity contribution in [1.82, 2.24) is 4.98 Å². The monoisotopic (exact) mass is 552 g/mol. The molecule has 0 unspecified atom stereocenters. The third kappa shape index (κ3) is 3.81. The van der Waals surface area contributed by atoms with Gasteiger partial charge in [-0.1, -0.05) is 72.8 Å². The summed E-state index contributed by atoms with van der Waals surface area (Å²) in [4.78, 5) is 7.13. The fourth-order valence-electron chi connectivity index (χ4n) is 6.23. The van der Waals surface area contributed by atoms with Crippen LogP contribution in [0.15, 0.2) is 154 Å². The minimum atomic E-state index is 0.611. The summed E-state index contributed by atoms with van der Waals surface area (Å²) in [5.41, 5.74) is 7.53. The maximum absolute atomic E-state index is 6.43. The second-order valence-corrected chi connectivity index (χ2v) is 10.8. The maximum Gasteiger partial charge on any atom is 0.227 e. The molecule has 0 radical (unpaired) electrons. The van der Waals surface area contributed by atoms with Gasteiger partial charge < -0.3 is 13.7 Å². The van der Waals surface area contributed by atoms with Crippen LogP contribution in [0.25, 0.3) is 66.0 Å². The second kappa shape index (κ2) is 9.33. The summed E-state index contributed by atoms with van der Waals surface area (Å²) in [6.07, 6.45) is 0. The molecule has 0 aliphatic rings. The van der Waals surface area contributed by atoms with E-state index in [-0.39, 0.29) is 0 Å². The Morgan fingerprint density at radius 2 is 1.14 bits per heavy atom. The zero-order chi connectivity index (χ0) is 28.3. The van der Waals surface area contributed by atoms with Crippen LogP contribution in [0.5, 0.6) is 0 Å². The molecule has 2 heterocycles. The number of hydrogen-bond donors (Lipinski definition) is 0. The average molecular weight is 553 g/mol. The van der Waals surface area contributed by atoms with E-state index in [4.69, 9.17) is 13.8 Å². The van der Waals surface area contributed by atoms with Crippen LogP contribution < -0.4 is 4.90 Å². The number of fused-ring (bicyclic) bond motifs is 8. The summed E-state index contributed by atoms with van der Waals surface area (Å²) in [6, 6.07) is 50.3. The molecular formula is C39H24N2O2. The first-order chi connectivity index (χ1) is 21.3. The molecule has 4 nitrogen and oxygen atoms in total. The van der Waals surface area contributed by atoms with Gasteiger partial charge in [-0.3, -0.25) is 0 Å². The number of oxazole rings is 1. The molecule has 9 aromatic rings. The van der Waals surface area contributed by atoms with Gasteiger partial charge in [0.2, 0.25) is 5.89 Å². The van der Waals surface area contributed by atoms with Crippen molar-refractivity contribution in [3.63, 3.8) is 0 Å². The average Bonchev–Trinajstić information content (AvgIpc) is 3.68. The quantitative estimate of drug-likeness (QED) is 0.204. The topological polar surface area (TPSA) is 42.4 Å². The van der Waals surface area contributed by atoms with E-state index in [1.54, 1.807) is 0 Å². The van der Waals surface area contributed by atoms with Crippen LogP contribution in [0, 0.1) is 0 Å². The van der Waals surface area contributed by atoms with E-state index in [1.807, 2.05) is 18.2 Å². The molecule has 7 aromatic carbocycles. The van der Waals surface area contributed by atoms with Crippen molar-refractivity contribution in [1.29, 1.82) is 0 Å². The Hall–Kier alpha value is -5.87. The standard InChI is InChI=1S/C39H24N2O2/c1-2-9-27(10-3-1)41(29-19-23-37-34(24-29)32-12-6-7-13-36(32)42-37)28-17-14-26(15-18-28)39-40-35-22-21-31-30-11-5-4-8-25(30)16-20-33(31)38(35)43-39/h1-24H. The zero-order valence-corrected chi connectivity index (χ0v) is 23.1. The summed E-state index contributed by atoms with van der Waals surface area (Å²) in [6.45, 7) is 0. The Balaban J connectivity index is 1.14. The van der Waals surface area contributed by atoms with Crippen LogP contribution in [0.1, 0.15) is 0 Å². The van der Waals surface area contributed by atoms with Crippen molar-refractivity contribution >= 4 is 71.6 Å². The molecular weight excluding hydrogens is 528 g/mol. The Kier molecular flexibility index (Phi) is 5.16. The predicted octanol–water partition coefficient (Wildman–Crippen LogP) is 11.2. The fourth-order valence-corrected chi connectivity index (χ4v) is 6.23. The lowest BCUT2D eigenvalue weighted by Gasteiger charge is -2.25. The SMILES string of the molecule is c1ccc(N(c2ccc(-c3nc4ccc5c6ccccc6ccc5c4o3)cc2)c2ccc3oc4ccccc4c3c2)cc1. The van der Waals surface area contributed by atoms with Crippen molar-refractivity contribution < 1.29 is 8.83 Å². The first kappa shape index (κ1) is 23.8. The molecule has 0 N–H and O–H groups in total. The summed E-state index contributed by atoms with van der Waals surface area (Å²) in [7, 11) is 0. The number of para-hydroxylation sites is 2. The molecule has 0 spiro atoms. The predicted molar refractivity (Wildman–Crippen MR) is 176 cm³/mol.